The highest BCUT2D eigenvalue weighted by atomic mass is 35.5. The smallest absolute Gasteiger partial charge is 0.433 e. The van der Waals surface area contributed by atoms with Crippen molar-refractivity contribution in [1.82, 2.24) is 0 Å². The molecule has 0 unspecified atom stereocenters. The molecule has 0 saturated heterocycles. The maximum Gasteiger partial charge on any atom is 0.433 e. The molecule has 0 bridgehead atoms. The summed E-state index contributed by atoms with van der Waals surface area (Å²) in [6.45, 7) is 1.73. The molecule has 4 nitrogen and oxygen atoms in total. The Morgan fingerprint density at radius 2 is 1.84 bits per heavy atom. The van der Waals surface area contributed by atoms with E-state index in [1.54, 1.807) is 37.3 Å². The summed E-state index contributed by atoms with van der Waals surface area (Å²) in [5, 5.41) is 1.17. The van der Waals surface area contributed by atoms with E-state index in [4.69, 9.17) is 44.9 Å². The van der Waals surface area contributed by atoms with Gasteiger partial charge in [0.1, 0.15) is 12.4 Å². The minimum atomic E-state index is -0.703. The van der Waals surface area contributed by atoms with E-state index in [0.717, 1.165) is 5.56 Å². The normalized spacial score (nSPS) is 11.1. The molecule has 0 saturated carbocycles. The zero-order valence-corrected chi connectivity index (χ0v) is 15.7. The highest BCUT2D eigenvalue weighted by Gasteiger charge is 2.07. The summed E-state index contributed by atoms with van der Waals surface area (Å²) < 4.78 is 10.6. The van der Waals surface area contributed by atoms with E-state index < -0.39 is 6.09 Å². The van der Waals surface area contributed by atoms with Gasteiger partial charge in [0.2, 0.25) is 0 Å². The van der Waals surface area contributed by atoms with Gasteiger partial charge in [0, 0.05) is 5.71 Å². The van der Waals surface area contributed by atoms with Crippen LogP contribution in [0.3, 0.4) is 0 Å². The van der Waals surface area contributed by atoms with Gasteiger partial charge in [0.25, 0.3) is 0 Å². The first-order valence-electron chi connectivity index (χ1n) is 7.34. The zero-order chi connectivity index (χ0) is 18.2. The van der Waals surface area contributed by atoms with Crippen LogP contribution in [0.1, 0.15) is 18.9 Å². The Bertz CT molecular complexity index is 794. The van der Waals surface area contributed by atoms with Gasteiger partial charge in [-0.2, -0.15) is 4.99 Å². The molecule has 0 fully saturated rings. The highest BCUT2D eigenvalue weighted by molar-refractivity contribution is 7.80. The van der Waals surface area contributed by atoms with Gasteiger partial charge in [0.05, 0.1) is 16.5 Å². The second-order valence-corrected chi connectivity index (χ2v) is 6.38. The predicted molar refractivity (Wildman–Crippen MR) is 104 cm³/mol. The minimum absolute atomic E-state index is 0.0530. The summed E-state index contributed by atoms with van der Waals surface area (Å²) in [5.74, 6) is 0.641. The minimum Gasteiger partial charge on any atom is -0.450 e. The van der Waals surface area contributed by atoms with Crippen LogP contribution in [-0.2, 0) is 11.3 Å². The SMILES string of the molecule is CC(CC(=S)Oc1ccccc1)=NC(=O)OCc1ccc(Cl)c(Cl)c1. The van der Waals surface area contributed by atoms with Crippen LogP contribution in [0.5, 0.6) is 5.75 Å². The number of ether oxygens (including phenoxy) is 2. The van der Waals surface area contributed by atoms with E-state index in [0.29, 0.717) is 26.6 Å². The maximum atomic E-state index is 11.8. The van der Waals surface area contributed by atoms with Gasteiger partial charge >= 0.3 is 6.09 Å². The molecule has 0 N–H and O–H groups in total. The van der Waals surface area contributed by atoms with Crippen molar-refractivity contribution in [1.29, 1.82) is 0 Å². The Hall–Kier alpha value is -1.95. The molecule has 0 aromatic heterocycles. The van der Waals surface area contributed by atoms with Crippen molar-refractivity contribution >= 4 is 52.3 Å². The summed E-state index contributed by atoms with van der Waals surface area (Å²) in [5.41, 5.74) is 1.22. The van der Waals surface area contributed by atoms with Crippen LogP contribution in [0, 0.1) is 0 Å². The molecule has 2 aromatic rings. The fourth-order valence-electron chi connectivity index (χ4n) is 1.87. The number of rotatable bonds is 5. The molecule has 0 aliphatic heterocycles. The first kappa shape index (κ1) is 19.4. The number of thiocarbonyl (C=S) groups is 1. The van der Waals surface area contributed by atoms with Crippen molar-refractivity contribution < 1.29 is 14.3 Å². The average Bonchev–Trinajstić information content (AvgIpc) is 2.56. The number of nitrogens with zero attached hydrogens (tertiary/aromatic N) is 1. The standard InChI is InChI=1S/C18H15Cl2NO3S/c1-12(9-17(25)24-14-5-3-2-4-6-14)21-18(22)23-11-13-7-8-15(19)16(20)10-13/h2-8,10H,9,11H2,1H3. The summed E-state index contributed by atoms with van der Waals surface area (Å²) in [4.78, 5) is 15.6. The third-order valence-electron chi connectivity index (χ3n) is 3.00. The lowest BCUT2D eigenvalue weighted by molar-refractivity contribution is 0.151. The van der Waals surface area contributed by atoms with Crippen LogP contribution >= 0.6 is 35.4 Å². The molecule has 0 aliphatic rings. The average molecular weight is 396 g/mol. The Kier molecular flexibility index (Phi) is 7.37. The summed E-state index contributed by atoms with van der Waals surface area (Å²) >= 11 is 16.9. The highest BCUT2D eigenvalue weighted by Crippen LogP contribution is 2.22. The molecule has 7 heteroatoms. The molecule has 2 aromatic carbocycles. The van der Waals surface area contributed by atoms with Crippen LogP contribution in [-0.4, -0.2) is 16.9 Å². The van der Waals surface area contributed by atoms with Crippen molar-refractivity contribution in [3.63, 3.8) is 0 Å². The zero-order valence-electron chi connectivity index (χ0n) is 13.4. The van der Waals surface area contributed by atoms with Crippen molar-refractivity contribution in [2.45, 2.75) is 20.0 Å². The van der Waals surface area contributed by atoms with Crippen molar-refractivity contribution in [3.05, 3.63) is 64.1 Å². The van der Waals surface area contributed by atoms with Crippen LogP contribution in [0.2, 0.25) is 10.0 Å². The number of para-hydroxylation sites is 1. The Balaban J connectivity index is 1.83. The van der Waals surface area contributed by atoms with Crippen LogP contribution < -0.4 is 4.74 Å². The molecule has 0 atom stereocenters. The van der Waals surface area contributed by atoms with E-state index in [9.17, 15) is 4.79 Å². The molecular formula is C18H15Cl2NO3S. The summed E-state index contributed by atoms with van der Waals surface area (Å²) in [7, 11) is 0. The number of hydrogen-bond acceptors (Lipinski definition) is 4. The Morgan fingerprint density at radius 1 is 1.12 bits per heavy atom. The van der Waals surface area contributed by atoms with Gasteiger partial charge in [-0.3, -0.25) is 0 Å². The molecule has 0 spiro atoms. The van der Waals surface area contributed by atoms with E-state index in [-0.39, 0.29) is 13.0 Å². The third kappa shape index (κ3) is 6.82. The number of amides is 1. The van der Waals surface area contributed by atoms with Crippen molar-refractivity contribution in [2.75, 3.05) is 0 Å². The molecule has 2 rings (SSSR count). The molecule has 1 amide bonds. The first-order chi connectivity index (χ1) is 11.9. The van der Waals surface area contributed by atoms with Gasteiger partial charge in [-0.05, 0) is 49.0 Å². The van der Waals surface area contributed by atoms with E-state index >= 15 is 0 Å². The number of carbonyl (C=O) groups is 1. The fourth-order valence-corrected chi connectivity index (χ4v) is 2.49. The largest absolute Gasteiger partial charge is 0.450 e. The monoisotopic (exact) mass is 395 g/mol. The number of carbonyl (C=O) groups excluding carboxylic acids is 1. The quantitative estimate of drug-likeness (QED) is 0.467. The second-order valence-electron chi connectivity index (χ2n) is 5.11. The topological polar surface area (TPSA) is 47.9 Å². The summed E-state index contributed by atoms with van der Waals surface area (Å²) in [6.07, 6.45) is -0.447. The lowest BCUT2D eigenvalue weighted by atomic mass is 10.2. The van der Waals surface area contributed by atoms with E-state index in [2.05, 4.69) is 4.99 Å². The third-order valence-corrected chi connectivity index (χ3v) is 3.97. The van der Waals surface area contributed by atoms with Crippen LogP contribution in [0.4, 0.5) is 4.79 Å². The summed E-state index contributed by atoms with van der Waals surface area (Å²) in [6, 6.07) is 14.2. The van der Waals surface area contributed by atoms with Crippen LogP contribution in [0.15, 0.2) is 53.5 Å². The van der Waals surface area contributed by atoms with Crippen molar-refractivity contribution in [3.8, 4) is 5.75 Å². The molecule has 25 heavy (non-hydrogen) atoms. The molecule has 130 valence electrons. The number of halogens is 2. The second kappa shape index (κ2) is 9.51. The first-order valence-corrected chi connectivity index (χ1v) is 8.51. The van der Waals surface area contributed by atoms with E-state index in [1.165, 1.54) is 0 Å². The van der Waals surface area contributed by atoms with Gasteiger partial charge in [-0.15, -0.1) is 0 Å². The fraction of sp³-hybridized carbons (Fsp3) is 0.167. The lowest BCUT2D eigenvalue weighted by Gasteiger charge is -2.07. The van der Waals surface area contributed by atoms with E-state index in [1.807, 2.05) is 18.2 Å². The number of aliphatic imine (C=N–C) groups is 1. The maximum absolute atomic E-state index is 11.8. The molecule has 0 aliphatic carbocycles. The Morgan fingerprint density at radius 3 is 2.52 bits per heavy atom. The Labute approximate surface area is 161 Å². The van der Waals surface area contributed by atoms with Gasteiger partial charge in [-0.25, -0.2) is 4.79 Å². The van der Waals surface area contributed by atoms with Crippen LogP contribution in [0.25, 0.3) is 0 Å². The predicted octanol–water partition coefficient (Wildman–Crippen LogP) is 5.89. The number of benzene rings is 2. The van der Waals surface area contributed by atoms with Gasteiger partial charge in [0.15, 0.2) is 5.05 Å². The molecular weight excluding hydrogens is 381 g/mol. The molecule has 0 radical (unpaired) electrons. The number of hydrogen-bond donors (Lipinski definition) is 0. The van der Waals surface area contributed by atoms with Crippen molar-refractivity contribution in [2.24, 2.45) is 4.99 Å². The van der Waals surface area contributed by atoms with Gasteiger partial charge < -0.3 is 9.47 Å². The lowest BCUT2D eigenvalue weighted by Crippen LogP contribution is -2.11. The molecule has 0 heterocycles. The van der Waals surface area contributed by atoms with Gasteiger partial charge in [-0.1, -0.05) is 47.5 Å².